The Balaban J connectivity index is 2.92. The van der Waals surface area contributed by atoms with E-state index in [0.717, 1.165) is 0 Å². The summed E-state index contributed by atoms with van der Waals surface area (Å²) in [6, 6.07) is 0. The molecule has 92 valence electrons. The summed E-state index contributed by atoms with van der Waals surface area (Å²) in [4.78, 5) is 38.3. The zero-order valence-electron chi connectivity index (χ0n) is 10.3. The highest BCUT2D eigenvalue weighted by Crippen LogP contribution is 2.18. The predicted molar refractivity (Wildman–Crippen MR) is 61.6 cm³/mol. The van der Waals surface area contributed by atoms with Gasteiger partial charge in [-0.2, -0.15) is 0 Å². The summed E-state index contributed by atoms with van der Waals surface area (Å²) in [7, 11) is 0. The van der Waals surface area contributed by atoms with Gasteiger partial charge in [-0.1, -0.05) is 0 Å². The van der Waals surface area contributed by atoms with Crippen LogP contribution in [0, 0.1) is 5.41 Å². The molecule has 0 aromatic rings. The van der Waals surface area contributed by atoms with E-state index in [1.807, 2.05) is 0 Å². The van der Waals surface area contributed by atoms with E-state index in [2.05, 4.69) is 4.99 Å². The Morgan fingerprint density at radius 1 is 1.35 bits per heavy atom. The van der Waals surface area contributed by atoms with Gasteiger partial charge < -0.3 is 4.74 Å². The van der Waals surface area contributed by atoms with Crippen molar-refractivity contribution in [2.75, 3.05) is 0 Å². The number of esters is 1. The van der Waals surface area contributed by atoms with Crippen LogP contribution >= 0.6 is 0 Å². The molecule has 5 nitrogen and oxygen atoms in total. The summed E-state index contributed by atoms with van der Waals surface area (Å²) in [6.07, 6.45) is 1.22. The first-order valence-corrected chi connectivity index (χ1v) is 5.23. The van der Waals surface area contributed by atoms with E-state index in [0.29, 0.717) is 0 Å². The number of Topliss-reactive ketones (excluding diaryl/α,β-unsaturated/α-hetero) is 1. The zero-order chi connectivity index (χ0) is 13.2. The van der Waals surface area contributed by atoms with Crippen molar-refractivity contribution in [3.8, 4) is 0 Å². The monoisotopic (exact) mass is 237 g/mol. The molecule has 0 saturated heterocycles. The number of carbonyl (C=O) groups excluding carboxylic acids is 3. The van der Waals surface area contributed by atoms with Crippen LogP contribution in [0.5, 0.6) is 0 Å². The number of hydrogen-bond acceptors (Lipinski definition) is 5. The standard InChI is InChI=1S/C12H15NO4/c1-7(14)9-10(8(15)5-6-13-9)17-11(16)12(2,3)4/h5-6,10H,1-4H3. The van der Waals surface area contributed by atoms with Crippen LogP contribution in [-0.2, 0) is 19.1 Å². The van der Waals surface area contributed by atoms with Crippen LogP contribution in [0.25, 0.3) is 0 Å². The van der Waals surface area contributed by atoms with Gasteiger partial charge in [0.2, 0.25) is 11.9 Å². The predicted octanol–water partition coefficient (Wildman–Crippen LogP) is 1.07. The molecular weight excluding hydrogens is 222 g/mol. The van der Waals surface area contributed by atoms with Gasteiger partial charge in [-0.3, -0.25) is 19.4 Å². The van der Waals surface area contributed by atoms with Crippen molar-refractivity contribution in [1.82, 2.24) is 0 Å². The minimum Gasteiger partial charge on any atom is -0.447 e. The maximum atomic E-state index is 11.7. The molecule has 0 radical (unpaired) electrons. The van der Waals surface area contributed by atoms with Crippen molar-refractivity contribution in [1.29, 1.82) is 0 Å². The molecule has 0 fully saturated rings. The van der Waals surface area contributed by atoms with Crippen LogP contribution in [0.3, 0.4) is 0 Å². The van der Waals surface area contributed by atoms with E-state index < -0.39 is 23.3 Å². The first-order chi connectivity index (χ1) is 7.73. The minimum absolute atomic E-state index is 0.0323. The van der Waals surface area contributed by atoms with Gasteiger partial charge in [0.25, 0.3) is 0 Å². The number of rotatable bonds is 2. The minimum atomic E-state index is -1.20. The van der Waals surface area contributed by atoms with Gasteiger partial charge in [0.15, 0.2) is 5.78 Å². The SMILES string of the molecule is CC(=O)C1=NC=CC(=O)C1OC(=O)C(C)(C)C. The van der Waals surface area contributed by atoms with Gasteiger partial charge >= 0.3 is 5.97 Å². The van der Waals surface area contributed by atoms with Gasteiger partial charge in [-0.15, -0.1) is 0 Å². The fraction of sp³-hybridized carbons (Fsp3) is 0.500. The maximum Gasteiger partial charge on any atom is 0.312 e. The van der Waals surface area contributed by atoms with E-state index in [1.54, 1.807) is 20.8 Å². The first-order valence-electron chi connectivity index (χ1n) is 5.23. The van der Waals surface area contributed by atoms with Crippen LogP contribution in [0.2, 0.25) is 0 Å². The van der Waals surface area contributed by atoms with Crippen LogP contribution in [0.4, 0.5) is 0 Å². The number of hydrogen-bond donors (Lipinski definition) is 0. The van der Waals surface area contributed by atoms with Crippen molar-refractivity contribution >= 4 is 23.2 Å². The van der Waals surface area contributed by atoms with E-state index in [1.165, 1.54) is 19.2 Å². The van der Waals surface area contributed by atoms with Gasteiger partial charge in [0.1, 0.15) is 5.71 Å². The van der Waals surface area contributed by atoms with Gasteiger partial charge in [0.05, 0.1) is 5.41 Å². The topological polar surface area (TPSA) is 72.8 Å². The van der Waals surface area contributed by atoms with Crippen molar-refractivity contribution in [2.24, 2.45) is 10.4 Å². The van der Waals surface area contributed by atoms with E-state index in [9.17, 15) is 14.4 Å². The molecule has 0 spiro atoms. The third kappa shape index (κ3) is 3.09. The van der Waals surface area contributed by atoms with Crippen LogP contribution < -0.4 is 0 Å². The molecule has 1 heterocycles. The normalized spacial score (nSPS) is 19.9. The number of aliphatic imine (C=N–C) groups is 1. The molecule has 0 aromatic heterocycles. The maximum absolute atomic E-state index is 11.7. The summed E-state index contributed by atoms with van der Waals surface area (Å²) >= 11 is 0. The van der Waals surface area contributed by atoms with E-state index in [-0.39, 0.29) is 11.5 Å². The number of ketones is 2. The quantitative estimate of drug-likeness (QED) is 0.673. The Hall–Kier alpha value is -1.78. The first kappa shape index (κ1) is 13.3. The van der Waals surface area contributed by atoms with Crippen molar-refractivity contribution in [3.05, 3.63) is 12.3 Å². The highest BCUT2D eigenvalue weighted by Gasteiger charge is 2.34. The highest BCUT2D eigenvalue weighted by molar-refractivity contribution is 6.46. The largest absolute Gasteiger partial charge is 0.447 e. The molecular formula is C12H15NO4. The summed E-state index contributed by atoms with van der Waals surface area (Å²) in [5.74, 6) is -1.36. The summed E-state index contributed by atoms with van der Waals surface area (Å²) in [5, 5.41) is 0. The smallest absolute Gasteiger partial charge is 0.312 e. The second-order valence-electron chi connectivity index (χ2n) is 4.82. The molecule has 5 heteroatoms. The molecule has 1 unspecified atom stereocenters. The summed E-state index contributed by atoms with van der Waals surface area (Å²) in [5.41, 5.74) is -0.765. The second-order valence-corrected chi connectivity index (χ2v) is 4.82. The summed E-state index contributed by atoms with van der Waals surface area (Å²) < 4.78 is 5.05. The lowest BCUT2D eigenvalue weighted by Gasteiger charge is -2.23. The number of nitrogens with zero attached hydrogens (tertiary/aromatic N) is 1. The van der Waals surface area contributed by atoms with Crippen molar-refractivity contribution < 1.29 is 19.1 Å². The third-order valence-corrected chi connectivity index (χ3v) is 2.16. The molecule has 0 aromatic carbocycles. The average molecular weight is 237 g/mol. The lowest BCUT2D eigenvalue weighted by Crippen LogP contribution is -2.41. The van der Waals surface area contributed by atoms with Gasteiger partial charge in [-0.05, 0) is 20.8 Å². The van der Waals surface area contributed by atoms with Crippen LogP contribution in [-0.4, -0.2) is 29.4 Å². The number of carbonyl (C=O) groups is 3. The molecule has 1 aliphatic heterocycles. The van der Waals surface area contributed by atoms with Gasteiger partial charge in [-0.25, -0.2) is 0 Å². The molecule has 0 bridgehead atoms. The zero-order valence-corrected chi connectivity index (χ0v) is 10.3. The molecule has 17 heavy (non-hydrogen) atoms. The molecule has 0 aliphatic carbocycles. The average Bonchev–Trinajstić information content (AvgIpc) is 2.18. The Kier molecular flexibility index (Phi) is 3.60. The van der Waals surface area contributed by atoms with Crippen LogP contribution in [0.15, 0.2) is 17.3 Å². The fourth-order valence-corrected chi connectivity index (χ4v) is 1.15. The molecule has 0 N–H and O–H groups in total. The Morgan fingerprint density at radius 3 is 2.41 bits per heavy atom. The summed E-state index contributed by atoms with van der Waals surface area (Å²) in [6.45, 7) is 6.29. The fourth-order valence-electron chi connectivity index (χ4n) is 1.15. The van der Waals surface area contributed by atoms with Crippen molar-refractivity contribution in [2.45, 2.75) is 33.8 Å². The molecule has 1 aliphatic rings. The Labute approximate surface area is 99.6 Å². The molecule has 1 rings (SSSR count). The Bertz CT molecular complexity index is 426. The van der Waals surface area contributed by atoms with Crippen LogP contribution in [0.1, 0.15) is 27.7 Å². The lowest BCUT2D eigenvalue weighted by atomic mass is 9.96. The Morgan fingerprint density at radius 2 is 1.94 bits per heavy atom. The van der Waals surface area contributed by atoms with E-state index >= 15 is 0 Å². The lowest BCUT2D eigenvalue weighted by molar-refractivity contribution is -0.158. The van der Waals surface area contributed by atoms with E-state index in [4.69, 9.17) is 4.74 Å². The second kappa shape index (κ2) is 4.61. The third-order valence-electron chi connectivity index (χ3n) is 2.16. The molecule has 0 saturated carbocycles. The van der Waals surface area contributed by atoms with Crippen molar-refractivity contribution in [3.63, 3.8) is 0 Å². The number of ether oxygens (including phenoxy) is 1. The molecule has 1 atom stereocenters. The van der Waals surface area contributed by atoms with Gasteiger partial charge in [0, 0.05) is 19.2 Å². The highest BCUT2D eigenvalue weighted by atomic mass is 16.5. The molecule has 0 amide bonds.